The van der Waals surface area contributed by atoms with Crippen molar-refractivity contribution in [2.45, 2.75) is 25.8 Å². The molecule has 0 aliphatic carbocycles. The van der Waals surface area contributed by atoms with Crippen molar-refractivity contribution in [3.63, 3.8) is 0 Å². The molecule has 1 saturated heterocycles. The molecule has 0 aromatic carbocycles. The van der Waals surface area contributed by atoms with Crippen molar-refractivity contribution in [1.82, 2.24) is 14.9 Å². The Morgan fingerprint density at radius 1 is 1.65 bits per heavy atom. The average Bonchev–Trinajstić information content (AvgIpc) is 2.34. The quantitative estimate of drug-likeness (QED) is 0.889. The van der Waals surface area contributed by atoms with Crippen LogP contribution in [0.3, 0.4) is 0 Å². The summed E-state index contributed by atoms with van der Waals surface area (Å²) in [4.78, 5) is 10.6. The molecule has 2 heterocycles. The van der Waals surface area contributed by atoms with Crippen molar-refractivity contribution in [2.24, 2.45) is 0 Å². The highest BCUT2D eigenvalue weighted by Gasteiger charge is 2.19. The van der Waals surface area contributed by atoms with Crippen LogP contribution < -0.4 is 11.1 Å². The number of halogens is 1. The van der Waals surface area contributed by atoms with Gasteiger partial charge in [-0.15, -0.1) is 0 Å². The predicted molar refractivity (Wildman–Crippen MR) is 72.9 cm³/mol. The van der Waals surface area contributed by atoms with Gasteiger partial charge in [0.15, 0.2) is 0 Å². The van der Waals surface area contributed by atoms with E-state index in [4.69, 9.17) is 5.73 Å². The van der Waals surface area contributed by atoms with Crippen LogP contribution in [0, 0.1) is 0 Å². The van der Waals surface area contributed by atoms with Gasteiger partial charge in [0.05, 0.1) is 4.47 Å². The molecule has 1 aliphatic heterocycles. The van der Waals surface area contributed by atoms with Gasteiger partial charge in [-0.2, -0.15) is 4.98 Å². The Balaban J connectivity index is 2.02. The lowest BCUT2D eigenvalue weighted by atomic mass is 10.1. The lowest BCUT2D eigenvalue weighted by Crippen LogP contribution is -2.42. The second kappa shape index (κ2) is 5.64. The van der Waals surface area contributed by atoms with Gasteiger partial charge in [-0.05, 0) is 41.9 Å². The van der Waals surface area contributed by atoms with E-state index in [2.05, 4.69) is 43.0 Å². The summed E-state index contributed by atoms with van der Waals surface area (Å²) >= 11 is 3.43. The summed E-state index contributed by atoms with van der Waals surface area (Å²) < 4.78 is 0.861. The largest absolute Gasteiger partial charge is 0.368 e. The third-order valence-electron chi connectivity index (χ3n) is 3.06. The fourth-order valence-corrected chi connectivity index (χ4v) is 2.44. The van der Waals surface area contributed by atoms with Crippen molar-refractivity contribution >= 4 is 27.7 Å². The number of rotatable bonds is 3. The van der Waals surface area contributed by atoms with Crippen LogP contribution in [0.25, 0.3) is 0 Å². The molecule has 0 amide bonds. The van der Waals surface area contributed by atoms with E-state index in [0.29, 0.717) is 12.0 Å². The van der Waals surface area contributed by atoms with Crippen molar-refractivity contribution < 1.29 is 0 Å². The van der Waals surface area contributed by atoms with Crippen LogP contribution >= 0.6 is 15.9 Å². The Morgan fingerprint density at radius 2 is 2.47 bits per heavy atom. The van der Waals surface area contributed by atoms with E-state index in [0.717, 1.165) is 23.4 Å². The number of piperidine rings is 1. The van der Waals surface area contributed by atoms with Crippen LogP contribution in [0.2, 0.25) is 0 Å². The second-order valence-electron chi connectivity index (χ2n) is 4.30. The summed E-state index contributed by atoms with van der Waals surface area (Å²) in [6.45, 7) is 5.56. The molecule has 1 fully saturated rings. The maximum absolute atomic E-state index is 5.59. The molecular formula is C11H18BrN5. The lowest BCUT2D eigenvalue weighted by molar-refractivity contribution is 0.226. The van der Waals surface area contributed by atoms with E-state index in [-0.39, 0.29) is 0 Å². The first kappa shape index (κ1) is 12.6. The van der Waals surface area contributed by atoms with E-state index in [1.165, 1.54) is 19.4 Å². The number of hydrogen-bond donors (Lipinski definition) is 2. The molecule has 0 radical (unpaired) electrons. The van der Waals surface area contributed by atoms with Crippen molar-refractivity contribution in [3.05, 3.63) is 10.7 Å². The summed E-state index contributed by atoms with van der Waals surface area (Å²) in [7, 11) is 0. The van der Waals surface area contributed by atoms with Crippen LogP contribution in [0.5, 0.6) is 0 Å². The molecule has 3 N–H and O–H groups in total. The topological polar surface area (TPSA) is 67.1 Å². The van der Waals surface area contributed by atoms with Crippen LogP contribution in [-0.4, -0.2) is 40.5 Å². The summed E-state index contributed by atoms with van der Waals surface area (Å²) in [5.41, 5.74) is 5.59. The fourth-order valence-electron chi connectivity index (χ4n) is 2.14. The summed E-state index contributed by atoms with van der Waals surface area (Å²) in [5, 5.41) is 3.43. The highest BCUT2D eigenvalue weighted by molar-refractivity contribution is 9.10. The Kier molecular flexibility index (Phi) is 4.17. The third kappa shape index (κ3) is 3.29. The number of nitrogen functional groups attached to an aromatic ring is 1. The van der Waals surface area contributed by atoms with Gasteiger partial charge in [0.1, 0.15) is 5.82 Å². The zero-order valence-corrected chi connectivity index (χ0v) is 11.6. The van der Waals surface area contributed by atoms with Crippen molar-refractivity contribution in [1.29, 1.82) is 0 Å². The minimum atomic E-state index is 0.304. The van der Waals surface area contributed by atoms with Crippen molar-refractivity contribution in [3.8, 4) is 0 Å². The van der Waals surface area contributed by atoms with E-state index < -0.39 is 0 Å². The predicted octanol–water partition coefficient (Wildman–Crippen LogP) is 1.72. The average molecular weight is 300 g/mol. The number of nitrogens with zero attached hydrogens (tertiary/aromatic N) is 3. The molecule has 1 aliphatic rings. The standard InChI is InChI=1S/C11H18BrN5/c1-2-17-5-3-4-8(7-17)15-10-9(12)6-14-11(13)16-10/h6,8H,2-5,7H2,1H3,(H3,13,14,15,16). The molecule has 2 rings (SSSR count). The molecule has 1 aromatic heterocycles. The number of aromatic nitrogens is 2. The Hall–Kier alpha value is -0.880. The zero-order chi connectivity index (χ0) is 12.3. The van der Waals surface area contributed by atoms with E-state index in [9.17, 15) is 0 Å². The van der Waals surface area contributed by atoms with Gasteiger partial charge in [-0.1, -0.05) is 6.92 Å². The van der Waals surface area contributed by atoms with Crippen LogP contribution in [-0.2, 0) is 0 Å². The highest BCUT2D eigenvalue weighted by atomic mass is 79.9. The van der Waals surface area contributed by atoms with Crippen LogP contribution in [0.4, 0.5) is 11.8 Å². The lowest BCUT2D eigenvalue weighted by Gasteiger charge is -2.32. The van der Waals surface area contributed by atoms with Crippen LogP contribution in [0.15, 0.2) is 10.7 Å². The summed E-state index contributed by atoms with van der Waals surface area (Å²) in [5.74, 6) is 1.10. The summed E-state index contributed by atoms with van der Waals surface area (Å²) in [6.07, 6.45) is 4.08. The number of likely N-dealkylation sites (N-methyl/N-ethyl adjacent to an activating group) is 1. The maximum Gasteiger partial charge on any atom is 0.221 e. The molecule has 0 saturated carbocycles. The fraction of sp³-hybridized carbons (Fsp3) is 0.636. The first-order chi connectivity index (χ1) is 8.19. The molecule has 1 aromatic rings. The number of likely N-dealkylation sites (tertiary alicyclic amines) is 1. The number of anilines is 2. The first-order valence-corrected chi connectivity index (χ1v) is 6.75. The molecule has 17 heavy (non-hydrogen) atoms. The van der Waals surface area contributed by atoms with Gasteiger partial charge >= 0.3 is 0 Å². The van der Waals surface area contributed by atoms with Gasteiger partial charge in [0, 0.05) is 18.8 Å². The summed E-state index contributed by atoms with van der Waals surface area (Å²) in [6, 6.07) is 0.439. The van der Waals surface area contributed by atoms with E-state index in [1.807, 2.05) is 0 Å². The van der Waals surface area contributed by atoms with Crippen molar-refractivity contribution in [2.75, 3.05) is 30.7 Å². The van der Waals surface area contributed by atoms with Crippen LogP contribution in [0.1, 0.15) is 19.8 Å². The molecule has 0 bridgehead atoms. The molecule has 0 spiro atoms. The van der Waals surface area contributed by atoms with Gasteiger partial charge in [0.25, 0.3) is 0 Å². The number of hydrogen-bond acceptors (Lipinski definition) is 5. The Labute approximate surface area is 110 Å². The smallest absolute Gasteiger partial charge is 0.221 e. The maximum atomic E-state index is 5.59. The third-order valence-corrected chi connectivity index (χ3v) is 3.64. The van der Waals surface area contributed by atoms with E-state index in [1.54, 1.807) is 6.20 Å². The highest BCUT2D eigenvalue weighted by Crippen LogP contribution is 2.22. The van der Waals surface area contributed by atoms with Gasteiger partial charge in [-0.25, -0.2) is 4.98 Å². The monoisotopic (exact) mass is 299 g/mol. The minimum absolute atomic E-state index is 0.304. The Bertz CT molecular complexity index is 384. The number of nitrogens with two attached hydrogens (primary N) is 1. The SMILES string of the molecule is CCN1CCCC(Nc2nc(N)ncc2Br)C1. The zero-order valence-electron chi connectivity index (χ0n) is 9.99. The van der Waals surface area contributed by atoms with Gasteiger partial charge in [0.2, 0.25) is 5.95 Å². The molecule has 94 valence electrons. The molecule has 5 nitrogen and oxygen atoms in total. The van der Waals surface area contributed by atoms with Gasteiger partial charge in [-0.3, -0.25) is 0 Å². The first-order valence-electron chi connectivity index (χ1n) is 5.96. The molecular weight excluding hydrogens is 282 g/mol. The van der Waals surface area contributed by atoms with E-state index >= 15 is 0 Å². The normalized spacial score (nSPS) is 21.4. The molecule has 1 unspecified atom stereocenters. The minimum Gasteiger partial charge on any atom is -0.368 e. The molecule has 6 heteroatoms. The second-order valence-corrected chi connectivity index (χ2v) is 5.16. The number of nitrogens with one attached hydrogen (secondary N) is 1. The van der Waals surface area contributed by atoms with Gasteiger partial charge < -0.3 is 16.0 Å². The Morgan fingerprint density at radius 3 is 3.24 bits per heavy atom. The molecule has 1 atom stereocenters.